The minimum absolute atomic E-state index is 0.399. The lowest BCUT2D eigenvalue weighted by Gasteiger charge is -2.40. The van der Waals surface area contributed by atoms with Crippen LogP contribution in [0.5, 0.6) is 5.75 Å². The van der Waals surface area contributed by atoms with Crippen molar-refractivity contribution < 1.29 is 34.6 Å². The van der Waals surface area contributed by atoms with Gasteiger partial charge in [-0.25, -0.2) is 0 Å². The second-order valence-electron chi connectivity index (χ2n) is 9.89. The summed E-state index contributed by atoms with van der Waals surface area (Å²) in [5.74, 6) is 0.735. The van der Waals surface area contributed by atoms with E-state index in [2.05, 4.69) is 12.1 Å². The van der Waals surface area contributed by atoms with Crippen molar-refractivity contribution in [3.63, 3.8) is 0 Å². The van der Waals surface area contributed by atoms with Crippen molar-refractivity contribution in [3.05, 3.63) is 99.6 Å². The molecule has 5 rings (SSSR count). The SMILES string of the molecule is CC1(COc2ccc(Cc3cc([C@@H]4O[C@H](CO)[C@@H](O)[C@H](O)[C@H]4O)ccc3Cl)cc2)OCc2ccccc21. The monoisotopic (exact) mass is 526 g/mol. The first-order valence-corrected chi connectivity index (χ1v) is 12.7. The number of halogens is 1. The van der Waals surface area contributed by atoms with Crippen molar-refractivity contribution in [2.75, 3.05) is 13.2 Å². The number of aliphatic hydroxyl groups is 4. The molecule has 0 saturated carbocycles. The van der Waals surface area contributed by atoms with Crippen molar-refractivity contribution in [3.8, 4) is 5.75 Å². The highest BCUT2D eigenvalue weighted by Crippen LogP contribution is 2.37. The van der Waals surface area contributed by atoms with E-state index in [0.717, 1.165) is 22.4 Å². The predicted octanol–water partition coefficient (Wildman–Crippen LogP) is 3.27. The Bertz CT molecular complexity index is 1230. The lowest BCUT2D eigenvalue weighted by molar-refractivity contribution is -0.231. The quantitative estimate of drug-likeness (QED) is 0.374. The fraction of sp³-hybridized carbons (Fsp3) is 0.379. The number of benzene rings is 3. The second-order valence-corrected chi connectivity index (χ2v) is 10.3. The summed E-state index contributed by atoms with van der Waals surface area (Å²) in [6, 6.07) is 21.2. The van der Waals surface area contributed by atoms with Crippen LogP contribution in [0.15, 0.2) is 66.7 Å². The summed E-state index contributed by atoms with van der Waals surface area (Å²) in [6.45, 7) is 2.54. The molecule has 1 saturated heterocycles. The lowest BCUT2D eigenvalue weighted by atomic mass is 9.90. The van der Waals surface area contributed by atoms with Gasteiger partial charge in [-0.2, -0.15) is 0 Å². The van der Waals surface area contributed by atoms with Gasteiger partial charge in [0.15, 0.2) is 0 Å². The number of hydrogen-bond donors (Lipinski definition) is 4. The molecule has 6 atom stereocenters. The molecule has 1 unspecified atom stereocenters. The number of aliphatic hydroxyl groups excluding tert-OH is 4. The minimum atomic E-state index is -1.44. The highest BCUT2D eigenvalue weighted by atomic mass is 35.5. The molecule has 0 aliphatic carbocycles. The third-order valence-corrected chi connectivity index (χ3v) is 7.62. The smallest absolute Gasteiger partial charge is 0.125 e. The molecule has 4 N–H and O–H groups in total. The molecule has 2 aliphatic rings. The van der Waals surface area contributed by atoms with Crippen LogP contribution in [0.25, 0.3) is 0 Å². The molecule has 2 heterocycles. The van der Waals surface area contributed by atoms with Crippen LogP contribution in [0, 0.1) is 0 Å². The van der Waals surface area contributed by atoms with Crippen molar-refractivity contribution >= 4 is 11.6 Å². The molecular formula is C29H31ClO7. The first-order valence-electron chi connectivity index (χ1n) is 12.3. The van der Waals surface area contributed by atoms with Crippen LogP contribution in [0.1, 0.15) is 40.8 Å². The molecule has 0 amide bonds. The first kappa shape index (κ1) is 26.1. The van der Waals surface area contributed by atoms with Crippen LogP contribution in [0.2, 0.25) is 5.02 Å². The first-order chi connectivity index (χ1) is 17.8. The summed E-state index contributed by atoms with van der Waals surface area (Å²) in [6.07, 6.45) is -5.54. The predicted molar refractivity (Wildman–Crippen MR) is 137 cm³/mol. The number of rotatable bonds is 7. The summed E-state index contributed by atoms with van der Waals surface area (Å²) in [5, 5.41) is 40.7. The second kappa shape index (κ2) is 10.7. The molecule has 3 aromatic rings. The Morgan fingerprint density at radius 3 is 2.49 bits per heavy atom. The van der Waals surface area contributed by atoms with Gasteiger partial charge < -0.3 is 34.6 Å². The summed E-state index contributed by atoms with van der Waals surface area (Å²) >= 11 is 6.47. The number of fused-ring (bicyclic) bond motifs is 1. The van der Waals surface area contributed by atoms with Crippen molar-refractivity contribution in [2.24, 2.45) is 0 Å². The molecule has 1 fully saturated rings. The number of ether oxygens (including phenoxy) is 3. The molecule has 3 aromatic carbocycles. The summed E-state index contributed by atoms with van der Waals surface area (Å²) < 4.78 is 17.8. The summed E-state index contributed by atoms with van der Waals surface area (Å²) in [4.78, 5) is 0. The van der Waals surface area contributed by atoms with Crippen LogP contribution in [0.3, 0.4) is 0 Å². The minimum Gasteiger partial charge on any atom is -0.490 e. The third-order valence-electron chi connectivity index (χ3n) is 7.26. The molecule has 196 valence electrons. The van der Waals surface area contributed by atoms with Gasteiger partial charge in [-0.15, -0.1) is 0 Å². The van der Waals surface area contributed by atoms with Gasteiger partial charge in [0.2, 0.25) is 0 Å². The van der Waals surface area contributed by atoms with Crippen LogP contribution >= 0.6 is 11.6 Å². The molecule has 0 radical (unpaired) electrons. The standard InChI is InChI=1S/C29H31ClO7/c1-29(22-5-3-2-4-19(22)15-36-29)16-35-21-9-6-17(7-10-21)12-20-13-18(8-11-23(20)30)28-27(34)26(33)25(32)24(14-31)37-28/h2-11,13,24-28,31-34H,12,14-16H2,1H3/t24-,25-,26+,27-,28+,29?/m1/s1. The summed E-state index contributed by atoms with van der Waals surface area (Å²) in [5.41, 5.74) is 4.27. The van der Waals surface area contributed by atoms with Gasteiger partial charge in [0.25, 0.3) is 0 Å². The van der Waals surface area contributed by atoms with Crippen LogP contribution < -0.4 is 4.74 Å². The van der Waals surface area contributed by atoms with Gasteiger partial charge >= 0.3 is 0 Å². The maximum absolute atomic E-state index is 10.5. The van der Waals surface area contributed by atoms with Crippen LogP contribution in [0.4, 0.5) is 0 Å². The van der Waals surface area contributed by atoms with E-state index >= 15 is 0 Å². The lowest BCUT2D eigenvalue weighted by Crippen LogP contribution is -2.55. The van der Waals surface area contributed by atoms with Crippen molar-refractivity contribution in [1.29, 1.82) is 0 Å². The van der Waals surface area contributed by atoms with Gasteiger partial charge in [0.1, 0.15) is 48.5 Å². The van der Waals surface area contributed by atoms with Gasteiger partial charge in [-0.3, -0.25) is 0 Å². The van der Waals surface area contributed by atoms with Crippen molar-refractivity contribution in [2.45, 2.75) is 56.1 Å². The Kier molecular flexibility index (Phi) is 7.56. The molecule has 0 spiro atoms. The van der Waals surface area contributed by atoms with Crippen molar-refractivity contribution in [1.82, 2.24) is 0 Å². The maximum Gasteiger partial charge on any atom is 0.125 e. The maximum atomic E-state index is 10.5. The van der Waals surface area contributed by atoms with Gasteiger partial charge in [0, 0.05) is 5.02 Å². The summed E-state index contributed by atoms with van der Waals surface area (Å²) in [7, 11) is 0. The molecule has 0 aromatic heterocycles. The molecule has 0 bridgehead atoms. The molecule has 2 aliphatic heterocycles. The van der Waals surface area contributed by atoms with Crippen LogP contribution in [-0.2, 0) is 28.1 Å². The Morgan fingerprint density at radius 1 is 0.973 bits per heavy atom. The van der Waals surface area contributed by atoms with Gasteiger partial charge in [-0.05, 0) is 59.4 Å². The normalized spacial score (nSPS) is 29.2. The Morgan fingerprint density at radius 2 is 1.73 bits per heavy atom. The highest BCUT2D eigenvalue weighted by molar-refractivity contribution is 6.31. The zero-order chi connectivity index (χ0) is 26.2. The van der Waals surface area contributed by atoms with Crippen LogP contribution in [-0.4, -0.2) is 58.1 Å². The zero-order valence-electron chi connectivity index (χ0n) is 20.5. The average Bonchev–Trinajstić information content (AvgIpc) is 3.25. The highest BCUT2D eigenvalue weighted by Gasteiger charge is 2.44. The molecule has 7 nitrogen and oxygen atoms in total. The zero-order valence-corrected chi connectivity index (χ0v) is 21.2. The van der Waals surface area contributed by atoms with Gasteiger partial charge in [0.05, 0.1) is 13.2 Å². The van der Waals surface area contributed by atoms with E-state index in [9.17, 15) is 20.4 Å². The van der Waals surface area contributed by atoms with E-state index in [0.29, 0.717) is 30.2 Å². The fourth-order valence-corrected chi connectivity index (χ4v) is 5.21. The molecular weight excluding hydrogens is 496 g/mol. The number of hydrogen-bond acceptors (Lipinski definition) is 7. The van der Waals surface area contributed by atoms with E-state index in [4.69, 9.17) is 25.8 Å². The van der Waals surface area contributed by atoms with Gasteiger partial charge in [-0.1, -0.05) is 60.1 Å². The van der Waals surface area contributed by atoms with E-state index in [-0.39, 0.29) is 0 Å². The average molecular weight is 527 g/mol. The molecule has 8 heteroatoms. The third kappa shape index (κ3) is 5.26. The largest absolute Gasteiger partial charge is 0.490 e. The Balaban J connectivity index is 1.26. The van der Waals surface area contributed by atoms with E-state index in [1.54, 1.807) is 12.1 Å². The van der Waals surface area contributed by atoms with E-state index < -0.39 is 42.7 Å². The fourth-order valence-electron chi connectivity index (χ4n) is 5.03. The Hall–Kier alpha value is -2.49. The van der Waals surface area contributed by atoms with E-state index in [1.807, 2.05) is 49.4 Å². The van der Waals surface area contributed by atoms with E-state index in [1.165, 1.54) is 5.56 Å². The Labute approximate surface area is 220 Å². The molecule has 37 heavy (non-hydrogen) atoms. The topological polar surface area (TPSA) is 109 Å².